The van der Waals surface area contributed by atoms with Gasteiger partial charge in [-0.05, 0) is 32.9 Å². The Bertz CT molecular complexity index is 264. The normalized spacial score (nSPS) is 12.9. The van der Waals surface area contributed by atoms with Crippen LogP contribution in [0.2, 0.25) is 0 Å². The molecule has 1 N–H and O–H groups in total. The van der Waals surface area contributed by atoms with E-state index < -0.39 is 0 Å². The van der Waals surface area contributed by atoms with Gasteiger partial charge in [0, 0.05) is 18.4 Å². The zero-order valence-corrected chi connectivity index (χ0v) is 8.32. The molecule has 1 rings (SSSR count). The quantitative estimate of drug-likeness (QED) is 0.752. The fraction of sp³-hybridized carbons (Fsp3) is 0.500. The van der Waals surface area contributed by atoms with Crippen molar-refractivity contribution in [3.63, 3.8) is 0 Å². The Morgan fingerprint density at radius 1 is 1.23 bits per heavy atom. The van der Waals surface area contributed by atoms with Gasteiger partial charge in [0.2, 0.25) is 5.91 Å². The van der Waals surface area contributed by atoms with Gasteiger partial charge < -0.3 is 9.88 Å². The van der Waals surface area contributed by atoms with E-state index in [9.17, 15) is 4.79 Å². The minimum atomic E-state index is -0.127. The van der Waals surface area contributed by atoms with Crippen molar-refractivity contribution in [2.75, 3.05) is 0 Å². The Labute approximate surface area is 78.8 Å². The lowest BCUT2D eigenvalue weighted by Crippen LogP contribution is -2.35. The van der Waals surface area contributed by atoms with Crippen LogP contribution < -0.4 is 5.32 Å². The topological polar surface area (TPSA) is 34.0 Å². The van der Waals surface area contributed by atoms with Crippen molar-refractivity contribution in [3.8, 4) is 0 Å². The Morgan fingerprint density at radius 2 is 1.77 bits per heavy atom. The fourth-order valence-electron chi connectivity index (χ4n) is 1.15. The van der Waals surface area contributed by atoms with Crippen LogP contribution >= 0.6 is 0 Å². The lowest BCUT2D eigenvalue weighted by atomic mass is 10.3. The Morgan fingerprint density at radius 3 is 2.23 bits per heavy atom. The predicted octanol–water partition coefficient (Wildman–Crippen LogP) is 1.57. The van der Waals surface area contributed by atoms with Gasteiger partial charge in [0.05, 0.1) is 0 Å². The second-order valence-corrected chi connectivity index (χ2v) is 3.47. The first kappa shape index (κ1) is 9.84. The molecule has 0 aliphatic heterocycles. The highest BCUT2D eigenvalue weighted by Gasteiger charge is 2.13. The van der Waals surface area contributed by atoms with E-state index in [0.29, 0.717) is 0 Å². The summed E-state index contributed by atoms with van der Waals surface area (Å²) in [4.78, 5) is 11.5. The van der Waals surface area contributed by atoms with Crippen molar-refractivity contribution in [3.05, 3.63) is 24.5 Å². The van der Waals surface area contributed by atoms with E-state index in [0.717, 1.165) is 0 Å². The molecule has 1 aromatic heterocycles. The van der Waals surface area contributed by atoms with Gasteiger partial charge in [-0.2, -0.15) is 0 Å². The van der Waals surface area contributed by atoms with E-state index in [4.69, 9.17) is 0 Å². The van der Waals surface area contributed by atoms with E-state index in [-0.39, 0.29) is 18.0 Å². The number of carbonyl (C=O) groups is 1. The molecule has 0 aliphatic carbocycles. The molecular weight excluding hydrogens is 164 g/mol. The minimum absolute atomic E-state index is 0.0613. The highest BCUT2D eigenvalue weighted by Crippen LogP contribution is 2.05. The number of hydrogen-bond donors (Lipinski definition) is 1. The summed E-state index contributed by atoms with van der Waals surface area (Å²) in [5.41, 5.74) is 0. The van der Waals surface area contributed by atoms with Crippen LogP contribution in [0.5, 0.6) is 0 Å². The fourth-order valence-corrected chi connectivity index (χ4v) is 1.15. The van der Waals surface area contributed by atoms with Gasteiger partial charge in [-0.15, -0.1) is 0 Å². The van der Waals surface area contributed by atoms with Gasteiger partial charge >= 0.3 is 0 Å². The molecule has 0 aromatic carbocycles. The first-order valence-electron chi connectivity index (χ1n) is 4.54. The molecular formula is C10H16N2O. The highest BCUT2D eigenvalue weighted by molar-refractivity contribution is 5.80. The van der Waals surface area contributed by atoms with Gasteiger partial charge in [-0.1, -0.05) is 0 Å². The Balaban J connectivity index is 2.58. The molecule has 0 unspecified atom stereocenters. The maximum Gasteiger partial charge on any atom is 0.242 e. The molecule has 1 heterocycles. The summed E-state index contributed by atoms with van der Waals surface area (Å²) < 4.78 is 1.89. The molecule has 3 heteroatoms. The van der Waals surface area contributed by atoms with Gasteiger partial charge in [-0.3, -0.25) is 4.79 Å². The maximum absolute atomic E-state index is 11.5. The predicted molar refractivity (Wildman–Crippen MR) is 52.4 cm³/mol. The summed E-state index contributed by atoms with van der Waals surface area (Å²) in [6.07, 6.45) is 3.79. The van der Waals surface area contributed by atoms with E-state index in [1.165, 1.54) is 0 Å². The van der Waals surface area contributed by atoms with Crippen LogP contribution in [0, 0.1) is 0 Å². The molecule has 0 saturated carbocycles. The van der Waals surface area contributed by atoms with Crippen molar-refractivity contribution in [2.45, 2.75) is 32.9 Å². The summed E-state index contributed by atoms with van der Waals surface area (Å²) in [6.45, 7) is 5.80. The van der Waals surface area contributed by atoms with Crippen LogP contribution in [0.4, 0.5) is 0 Å². The molecule has 13 heavy (non-hydrogen) atoms. The summed E-state index contributed by atoms with van der Waals surface area (Å²) in [6, 6.07) is 3.90. The first-order chi connectivity index (χ1) is 6.11. The number of rotatable bonds is 3. The van der Waals surface area contributed by atoms with Crippen LogP contribution in [0.15, 0.2) is 24.5 Å². The Hall–Kier alpha value is -1.25. The van der Waals surface area contributed by atoms with Gasteiger partial charge in [0.25, 0.3) is 0 Å². The number of amides is 1. The lowest BCUT2D eigenvalue weighted by molar-refractivity contribution is -0.124. The third kappa shape index (κ3) is 2.61. The average molecular weight is 180 g/mol. The zero-order valence-electron chi connectivity index (χ0n) is 8.32. The molecule has 1 aromatic rings. The van der Waals surface area contributed by atoms with Crippen molar-refractivity contribution in [1.29, 1.82) is 0 Å². The number of hydrogen-bond acceptors (Lipinski definition) is 1. The standard InChI is InChI=1S/C10H16N2O/c1-8(2)11-10(13)9(3)12-6-4-5-7-12/h4-9H,1-3H3,(H,11,13)/t9-/m0/s1. The molecule has 1 amide bonds. The molecule has 72 valence electrons. The summed E-state index contributed by atoms with van der Waals surface area (Å²) in [5, 5.41) is 2.87. The number of nitrogens with one attached hydrogen (secondary N) is 1. The monoisotopic (exact) mass is 180 g/mol. The smallest absolute Gasteiger partial charge is 0.242 e. The van der Waals surface area contributed by atoms with Crippen LogP contribution in [0.3, 0.4) is 0 Å². The average Bonchev–Trinajstić information content (AvgIpc) is 2.53. The van der Waals surface area contributed by atoms with Crippen molar-refractivity contribution in [2.24, 2.45) is 0 Å². The summed E-state index contributed by atoms with van der Waals surface area (Å²) in [7, 11) is 0. The van der Waals surface area contributed by atoms with Gasteiger partial charge in [0.1, 0.15) is 6.04 Å². The van der Waals surface area contributed by atoms with E-state index in [2.05, 4.69) is 5.32 Å². The zero-order chi connectivity index (χ0) is 9.84. The SMILES string of the molecule is CC(C)NC(=O)[C@H](C)n1cccc1. The first-order valence-corrected chi connectivity index (χ1v) is 4.54. The molecule has 0 saturated heterocycles. The molecule has 0 spiro atoms. The van der Waals surface area contributed by atoms with E-state index >= 15 is 0 Å². The molecule has 0 radical (unpaired) electrons. The second-order valence-electron chi connectivity index (χ2n) is 3.47. The van der Waals surface area contributed by atoms with Gasteiger partial charge in [-0.25, -0.2) is 0 Å². The minimum Gasteiger partial charge on any atom is -0.352 e. The van der Waals surface area contributed by atoms with Crippen LogP contribution in [-0.2, 0) is 4.79 Å². The van der Waals surface area contributed by atoms with Crippen LogP contribution in [-0.4, -0.2) is 16.5 Å². The third-order valence-corrected chi connectivity index (χ3v) is 1.89. The lowest BCUT2D eigenvalue weighted by Gasteiger charge is -2.15. The second kappa shape index (κ2) is 4.12. The highest BCUT2D eigenvalue weighted by atomic mass is 16.2. The number of aromatic nitrogens is 1. The van der Waals surface area contributed by atoms with Crippen LogP contribution in [0.25, 0.3) is 0 Å². The largest absolute Gasteiger partial charge is 0.352 e. The third-order valence-electron chi connectivity index (χ3n) is 1.89. The van der Waals surface area contributed by atoms with Crippen molar-refractivity contribution >= 4 is 5.91 Å². The van der Waals surface area contributed by atoms with Crippen molar-refractivity contribution in [1.82, 2.24) is 9.88 Å². The molecule has 3 nitrogen and oxygen atoms in total. The molecule has 0 bridgehead atoms. The number of nitrogens with zero attached hydrogens (tertiary/aromatic N) is 1. The molecule has 0 fully saturated rings. The summed E-state index contributed by atoms with van der Waals surface area (Å²) in [5.74, 6) is 0.0613. The van der Waals surface area contributed by atoms with E-state index in [1.807, 2.05) is 49.9 Å². The number of carbonyl (C=O) groups excluding carboxylic acids is 1. The molecule has 0 aliphatic rings. The van der Waals surface area contributed by atoms with Gasteiger partial charge in [0.15, 0.2) is 0 Å². The summed E-state index contributed by atoms with van der Waals surface area (Å²) >= 11 is 0. The maximum atomic E-state index is 11.5. The molecule has 1 atom stereocenters. The van der Waals surface area contributed by atoms with Crippen molar-refractivity contribution < 1.29 is 4.79 Å². The van der Waals surface area contributed by atoms with E-state index in [1.54, 1.807) is 0 Å². The van der Waals surface area contributed by atoms with Crippen LogP contribution in [0.1, 0.15) is 26.8 Å². The Kier molecular flexibility index (Phi) is 3.12.